The SMILES string of the molecule is CCC(N)C(O)CC(C)c1ccsc1. The molecule has 0 spiro atoms. The van der Waals surface area contributed by atoms with Crippen LogP contribution in [-0.4, -0.2) is 17.3 Å². The van der Waals surface area contributed by atoms with Crippen LogP contribution >= 0.6 is 11.3 Å². The van der Waals surface area contributed by atoms with Crippen LogP contribution in [0.15, 0.2) is 16.8 Å². The van der Waals surface area contributed by atoms with E-state index in [1.807, 2.05) is 6.92 Å². The number of nitrogens with two attached hydrogens (primary N) is 1. The summed E-state index contributed by atoms with van der Waals surface area (Å²) in [5.74, 6) is 0.397. The third kappa shape index (κ3) is 3.08. The van der Waals surface area contributed by atoms with Gasteiger partial charge in [-0.05, 0) is 41.1 Å². The Hall–Kier alpha value is -0.380. The van der Waals surface area contributed by atoms with Crippen LogP contribution in [0.2, 0.25) is 0 Å². The van der Waals surface area contributed by atoms with Crippen LogP contribution in [0.1, 0.15) is 38.2 Å². The number of thiophene rings is 1. The van der Waals surface area contributed by atoms with E-state index in [0.29, 0.717) is 5.92 Å². The summed E-state index contributed by atoms with van der Waals surface area (Å²) in [5.41, 5.74) is 7.07. The molecule has 3 atom stereocenters. The van der Waals surface area contributed by atoms with Crippen LogP contribution in [0.3, 0.4) is 0 Å². The summed E-state index contributed by atoms with van der Waals surface area (Å²) in [6, 6.07) is 2.02. The van der Waals surface area contributed by atoms with E-state index >= 15 is 0 Å². The zero-order valence-corrected chi connectivity index (χ0v) is 9.63. The van der Waals surface area contributed by atoms with E-state index in [9.17, 15) is 5.11 Å². The molecule has 0 saturated heterocycles. The Labute approximate surface area is 89.8 Å². The van der Waals surface area contributed by atoms with Gasteiger partial charge >= 0.3 is 0 Å². The van der Waals surface area contributed by atoms with Crippen molar-refractivity contribution in [3.63, 3.8) is 0 Å². The summed E-state index contributed by atoms with van der Waals surface area (Å²) in [6.45, 7) is 4.14. The molecule has 1 aromatic rings. The lowest BCUT2D eigenvalue weighted by Gasteiger charge is -2.20. The molecule has 0 aliphatic rings. The van der Waals surface area contributed by atoms with E-state index < -0.39 is 0 Å². The molecule has 0 aliphatic carbocycles. The molecule has 3 heteroatoms. The van der Waals surface area contributed by atoms with Crippen molar-refractivity contribution in [1.29, 1.82) is 0 Å². The lowest BCUT2D eigenvalue weighted by molar-refractivity contribution is 0.126. The van der Waals surface area contributed by atoms with Gasteiger partial charge in [-0.25, -0.2) is 0 Å². The monoisotopic (exact) mass is 213 g/mol. The summed E-state index contributed by atoms with van der Waals surface area (Å²) in [7, 11) is 0. The number of aliphatic hydroxyl groups is 1. The molecule has 1 heterocycles. The highest BCUT2D eigenvalue weighted by Crippen LogP contribution is 2.23. The second kappa shape index (κ2) is 5.49. The third-order valence-corrected chi connectivity index (χ3v) is 3.37. The maximum atomic E-state index is 9.77. The molecule has 14 heavy (non-hydrogen) atoms. The molecule has 1 rings (SSSR count). The smallest absolute Gasteiger partial charge is 0.0696 e. The summed E-state index contributed by atoms with van der Waals surface area (Å²) < 4.78 is 0. The lowest BCUT2D eigenvalue weighted by Crippen LogP contribution is -2.34. The Balaban J connectivity index is 2.44. The highest BCUT2D eigenvalue weighted by atomic mass is 32.1. The molecule has 0 fully saturated rings. The van der Waals surface area contributed by atoms with Gasteiger partial charge < -0.3 is 10.8 Å². The largest absolute Gasteiger partial charge is 0.391 e. The van der Waals surface area contributed by atoms with Crippen molar-refractivity contribution in [2.45, 2.75) is 44.8 Å². The Bertz CT molecular complexity index is 248. The van der Waals surface area contributed by atoms with Gasteiger partial charge in [-0.3, -0.25) is 0 Å². The molecular weight excluding hydrogens is 194 g/mol. The van der Waals surface area contributed by atoms with Crippen LogP contribution in [0, 0.1) is 0 Å². The summed E-state index contributed by atoms with van der Waals surface area (Å²) in [6.07, 6.45) is 1.21. The first-order valence-corrected chi connectivity index (χ1v) is 6.05. The van der Waals surface area contributed by atoms with Crippen LogP contribution in [0.4, 0.5) is 0 Å². The van der Waals surface area contributed by atoms with E-state index in [-0.39, 0.29) is 12.1 Å². The van der Waals surface area contributed by atoms with Crippen molar-refractivity contribution in [1.82, 2.24) is 0 Å². The molecule has 0 aliphatic heterocycles. The lowest BCUT2D eigenvalue weighted by atomic mass is 9.94. The molecule has 0 saturated carbocycles. The molecule has 0 radical (unpaired) electrons. The van der Waals surface area contributed by atoms with Gasteiger partial charge in [-0.1, -0.05) is 13.8 Å². The van der Waals surface area contributed by atoms with Crippen molar-refractivity contribution in [2.75, 3.05) is 0 Å². The van der Waals surface area contributed by atoms with Gasteiger partial charge in [0.2, 0.25) is 0 Å². The summed E-state index contributed by atoms with van der Waals surface area (Å²) in [4.78, 5) is 0. The first kappa shape index (κ1) is 11.7. The summed E-state index contributed by atoms with van der Waals surface area (Å²) in [5, 5.41) is 14.0. The number of aliphatic hydroxyl groups excluding tert-OH is 1. The first-order chi connectivity index (χ1) is 6.65. The van der Waals surface area contributed by atoms with Gasteiger partial charge in [0.25, 0.3) is 0 Å². The van der Waals surface area contributed by atoms with Crippen LogP contribution in [0.25, 0.3) is 0 Å². The fraction of sp³-hybridized carbons (Fsp3) is 0.636. The predicted octanol–water partition coefficient (Wildman–Crippen LogP) is 2.34. The minimum absolute atomic E-state index is 0.0870. The standard InChI is InChI=1S/C11H19NOS/c1-3-10(12)11(13)6-8(2)9-4-5-14-7-9/h4-5,7-8,10-11,13H,3,6,12H2,1-2H3. The van der Waals surface area contributed by atoms with Gasteiger partial charge in [0.05, 0.1) is 6.10 Å². The topological polar surface area (TPSA) is 46.2 Å². The van der Waals surface area contributed by atoms with Gasteiger partial charge in [-0.15, -0.1) is 0 Å². The number of hydrogen-bond acceptors (Lipinski definition) is 3. The average Bonchev–Trinajstić information content (AvgIpc) is 2.69. The third-order valence-electron chi connectivity index (χ3n) is 2.67. The second-order valence-corrected chi connectivity index (χ2v) is 4.61. The Morgan fingerprint density at radius 1 is 1.57 bits per heavy atom. The van der Waals surface area contributed by atoms with Gasteiger partial charge in [0.1, 0.15) is 0 Å². The molecule has 0 bridgehead atoms. The van der Waals surface area contributed by atoms with E-state index in [4.69, 9.17) is 5.73 Å². The van der Waals surface area contributed by atoms with Gasteiger partial charge in [0, 0.05) is 6.04 Å². The normalized spacial score (nSPS) is 17.7. The fourth-order valence-corrected chi connectivity index (χ4v) is 2.28. The van der Waals surface area contributed by atoms with Crippen LogP contribution < -0.4 is 5.73 Å². The van der Waals surface area contributed by atoms with Crippen molar-refractivity contribution >= 4 is 11.3 Å². The molecule has 1 aromatic heterocycles. The highest BCUT2D eigenvalue weighted by molar-refractivity contribution is 7.07. The quantitative estimate of drug-likeness (QED) is 0.788. The Kier molecular flexibility index (Phi) is 4.58. The van der Waals surface area contributed by atoms with Crippen molar-refractivity contribution < 1.29 is 5.11 Å². The van der Waals surface area contributed by atoms with Gasteiger partial charge in [0.15, 0.2) is 0 Å². The summed E-state index contributed by atoms with van der Waals surface area (Å²) >= 11 is 1.70. The minimum atomic E-state index is -0.380. The minimum Gasteiger partial charge on any atom is -0.391 e. The van der Waals surface area contributed by atoms with E-state index in [1.54, 1.807) is 11.3 Å². The van der Waals surface area contributed by atoms with Crippen molar-refractivity contribution in [3.05, 3.63) is 22.4 Å². The van der Waals surface area contributed by atoms with E-state index in [2.05, 4.69) is 23.8 Å². The zero-order chi connectivity index (χ0) is 10.6. The fourth-order valence-electron chi connectivity index (χ4n) is 1.50. The molecule has 3 unspecified atom stereocenters. The number of rotatable bonds is 5. The molecular formula is C11H19NOS. The maximum Gasteiger partial charge on any atom is 0.0696 e. The molecule has 80 valence electrons. The first-order valence-electron chi connectivity index (χ1n) is 5.10. The molecule has 0 amide bonds. The highest BCUT2D eigenvalue weighted by Gasteiger charge is 2.17. The van der Waals surface area contributed by atoms with Crippen molar-refractivity contribution in [2.24, 2.45) is 5.73 Å². The maximum absolute atomic E-state index is 9.77. The van der Waals surface area contributed by atoms with E-state index in [1.165, 1.54) is 5.56 Å². The van der Waals surface area contributed by atoms with Gasteiger partial charge in [-0.2, -0.15) is 11.3 Å². The predicted molar refractivity (Wildman–Crippen MR) is 61.6 cm³/mol. The Morgan fingerprint density at radius 2 is 2.29 bits per heavy atom. The van der Waals surface area contributed by atoms with Crippen molar-refractivity contribution in [3.8, 4) is 0 Å². The van der Waals surface area contributed by atoms with E-state index in [0.717, 1.165) is 12.8 Å². The molecule has 0 aromatic carbocycles. The Morgan fingerprint density at radius 3 is 2.79 bits per heavy atom. The number of hydrogen-bond donors (Lipinski definition) is 2. The molecule has 3 N–H and O–H groups in total. The van der Waals surface area contributed by atoms with Crippen LogP contribution in [0.5, 0.6) is 0 Å². The second-order valence-electron chi connectivity index (χ2n) is 3.83. The van der Waals surface area contributed by atoms with Crippen LogP contribution in [-0.2, 0) is 0 Å². The zero-order valence-electron chi connectivity index (χ0n) is 8.81. The molecule has 2 nitrogen and oxygen atoms in total. The average molecular weight is 213 g/mol.